The van der Waals surface area contributed by atoms with Gasteiger partial charge >= 0.3 is 0 Å². The fourth-order valence-corrected chi connectivity index (χ4v) is 1.37. The highest BCUT2D eigenvalue weighted by Crippen LogP contribution is 2.28. The Morgan fingerprint density at radius 3 is 2.65 bits per heavy atom. The molecule has 1 aromatic heterocycles. The Kier molecular flexibility index (Phi) is 5.44. The van der Waals surface area contributed by atoms with Gasteiger partial charge in [-0.1, -0.05) is 0 Å². The van der Waals surface area contributed by atoms with Crippen LogP contribution in [0.5, 0.6) is 5.75 Å². The summed E-state index contributed by atoms with van der Waals surface area (Å²) in [6.45, 7) is 2.72. The number of methoxy groups -OCH3 is 2. The molecular formula is C10H19N5O2. The summed E-state index contributed by atoms with van der Waals surface area (Å²) in [7, 11) is 3.22. The predicted molar refractivity (Wildman–Crippen MR) is 66.0 cm³/mol. The van der Waals surface area contributed by atoms with E-state index in [0.717, 1.165) is 6.42 Å². The molecule has 0 saturated heterocycles. The van der Waals surface area contributed by atoms with Crippen LogP contribution < -0.4 is 21.3 Å². The van der Waals surface area contributed by atoms with E-state index in [9.17, 15) is 0 Å². The van der Waals surface area contributed by atoms with E-state index < -0.39 is 0 Å². The van der Waals surface area contributed by atoms with Gasteiger partial charge in [0, 0.05) is 19.8 Å². The maximum atomic E-state index is 5.34. The van der Waals surface area contributed by atoms with Crippen LogP contribution in [0.2, 0.25) is 0 Å². The number of hydrogen-bond donors (Lipinski definition) is 3. The van der Waals surface area contributed by atoms with Gasteiger partial charge in [-0.3, -0.25) is 0 Å². The summed E-state index contributed by atoms with van der Waals surface area (Å²) in [6, 6.07) is 0.212. The Balaban J connectivity index is 2.75. The fraction of sp³-hybridized carbons (Fsp3) is 0.600. The maximum absolute atomic E-state index is 5.34. The minimum Gasteiger partial charge on any atom is -0.490 e. The van der Waals surface area contributed by atoms with E-state index in [1.54, 1.807) is 14.2 Å². The van der Waals surface area contributed by atoms with Crippen molar-refractivity contribution in [3.8, 4) is 5.75 Å². The van der Waals surface area contributed by atoms with Crippen molar-refractivity contribution >= 4 is 11.6 Å². The van der Waals surface area contributed by atoms with Crippen molar-refractivity contribution in [1.29, 1.82) is 0 Å². The molecule has 1 aromatic rings. The summed E-state index contributed by atoms with van der Waals surface area (Å²) in [6.07, 6.45) is 2.29. The van der Waals surface area contributed by atoms with Gasteiger partial charge in [0.1, 0.15) is 6.33 Å². The van der Waals surface area contributed by atoms with Gasteiger partial charge in [-0.2, -0.15) is 0 Å². The van der Waals surface area contributed by atoms with Crippen LogP contribution in [0.25, 0.3) is 0 Å². The first-order valence-electron chi connectivity index (χ1n) is 5.34. The highest BCUT2D eigenvalue weighted by atomic mass is 16.5. The lowest BCUT2D eigenvalue weighted by Crippen LogP contribution is -2.19. The summed E-state index contributed by atoms with van der Waals surface area (Å²) >= 11 is 0. The zero-order chi connectivity index (χ0) is 12.7. The van der Waals surface area contributed by atoms with E-state index in [0.29, 0.717) is 24.0 Å². The van der Waals surface area contributed by atoms with Crippen LogP contribution >= 0.6 is 0 Å². The number of ether oxygens (including phenoxy) is 2. The topological polar surface area (TPSA) is 94.3 Å². The summed E-state index contributed by atoms with van der Waals surface area (Å²) < 4.78 is 10.2. The Morgan fingerprint density at radius 1 is 1.35 bits per heavy atom. The summed E-state index contributed by atoms with van der Waals surface area (Å²) in [4.78, 5) is 8.08. The van der Waals surface area contributed by atoms with Gasteiger partial charge in [0.2, 0.25) is 5.75 Å². The second-order valence-electron chi connectivity index (χ2n) is 3.58. The van der Waals surface area contributed by atoms with Crippen molar-refractivity contribution < 1.29 is 9.47 Å². The van der Waals surface area contributed by atoms with Gasteiger partial charge < -0.3 is 20.2 Å². The third kappa shape index (κ3) is 3.72. The molecule has 0 aliphatic carbocycles. The van der Waals surface area contributed by atoms with Crippen LogP contribution in [0.3, 0.4) is 0 Å². The molecule has 17 heavy (non-hydrogen) atoms. The third-order valence-corrected chi connectivity index (χ3v) is 2.28. The van der Waals surface area contributed by atoms with Crippen molar-refractivity contribution in [2.75, 3.05) is 31.6 Å². The number of anilines is 2. The van der Waals surface area contributed by atoms with Gasteiger partial charge in [-0.25, -0.2) is 15.8 Å². The molecular weight excluding hydrogens is 222 g/mol. The second kappa shape index (κ2) is 6.87. The van der Waals surface area contributed by atoms with Crippen LogP contribution in [-0.4, -0.2) is 36.8 Å². The number of nitrogen functional groups attached to an aromatic ring is 1. The Morgan fingerprint density at radius 2 is 2.06 bits per heavy atom. The standard InChI is InChI=1S/C10H19N5O2/c1-7(4-5-16-2)14-9-8(17-3)10(15-11)13-6-12-9/h6-7H,4-5,11H2,1-3H3,(H2,12,13,14,15). The minimum atomic E-state index is 0.212. The number of nitrogens with one attached hydrogen (secondary N) is 2. The Labute approximate surface area is 101 Å². The number of rotatable bonds is 7. The molecule has 0 amide bonds. The van der Waals surface area contributed by atoms with Gasteiger partial charge in [-0.15, -0.1) is 0 Å². The van der Waals surface area contributed by atoms with Crippen LogP contribution in [0.4, 0.5) is 11.6 Å². The first-order valence-corrected chi connectivity index (χ1v) is 5.34. The zero-order valence-electron chi connectivity index (χ0n) is 10.4. The number of hydrazine groups is 1. The third-order valence-electron chi connectivity index (χ3n) is 2.28. The molecule has 0 aliphatic rings. The summed E-state index contributed by atoms with van der Waals surface area (Å²) in [5.41, 5.74) is 2.46. The molecule has 1 unspecified atom stereocenters. The summed E-state index contributed by atoms with van der Waals surface area (Å²) in [5.74, 6) is 6.90. The van der Waals surface area contributed by atoms with Crippen molar-refractivity contribution in [2.24, 2.45) is 5.84 Å². The normalized spacial score (nSPS) is 12.0. The molecule has 0 spiro atoms. The van der Waals surface area contributed by atoms with E-state index in [1.807, 2.05) is 6.92 Å². The lowest BCUT2D eigenvalue weighted by molar-refractivity contribution is 0.191. The molecule has 0 aromatic carbocycles. The minimum absolute atomic E-state index is 0.212. The largest absolute Gasteiger partial charge is 0.490 e. The molecule has 7 heteroatoms. The molecule has 1 rings (SSSR count). The lowest BCUT2D eigenvalue weighted by Gasteiger charge is -2.17. The average Bonchev–Trinajstić information content (AvgIpc) is 2.35. The van der Waals surface area contributed by atoms with E-state index >= 15 is 0 Å². The summed E-state index contributed by atoms with van der Waals surface area (Å²) in [5, 5.41) is 3.22. The molecule has 4 N–H and O–H groups in total. The first-order chi connectivity index (χ1) is 8.22. The molecule has 7 nitrogen and oxygen atoms in total. The van der Waals surface area contributed by atoms with Crippen LogP contribution in [-0.2, 0) is 4.74 Å². The molecule has 96 valence electrons. The Bertz CT molecular complexity index is 347. The van der Waals surface area contributed by atoms with Crippen LogP contribution in [0.15, 0.2) is 6.33 Å². The van der Waals surface area contributed by atoms with Gasteiger partial charge in [0.15, 0.2) is 11.6 Å². The van der Waals surface area contributed by atoms with E-state index in [2.05, 4.69) is 20.7 Å². The quantitative estimate of drug-likeness (QED) is 0.475. The number of aromatic nitrogens is 2. The SMILES string of the molecule is COCCC(C)Nc1ncnc(NN)c1OC. The number of nitrogens with two attached hydrogens (primary N) is 1. The highest BCUT2D eigenvalue weighted by molar-refractivity contribution is 5.63. The molecule has 0 radical (unpaired) electrons. The van der Waals surface area contributed by atoms with E-state index in [1.165, 1.54) is 6.33 Å². The molecule has 0 bridgehead atoms. The fourth-order valence-electron chi connectivity index (χ4n) is 1.37. The van der Waals surface area contributed by atoms with Gasteiger partial charge in [-0.05, 0) is 13.3 Å². The number of nitrogens with zero attached hydrogens (tertiary/aromatic N) is 2. The van der Waals surface area contributed by atoms with Gasteiger partial charge in [0.05, 0.1) is 7.11 Å². The molecule has 0 saturated carbocycles. The number of hydrogen-bond acceptors (Lipinski definition) is 7. The first kappa shape index (κ1) is 13.5. The van der Waals surface area contributed by atoms with Crippen molar-refractivity contribution in [3.63, 3.8) is 0 Å². The monoisotopic (exact) mass is 241 g/mol. The second-order valence-corrected chi connectivity index (χ2v) is 3.58. The Hall–Kier alpha value is -1.60. The lowest BCUT2D eigenvalue weighted by atomic mass is 10.2. The predicted octanol–water partition coefficient (Wildman–Crippen LogP) is 0.608. The molecule has 1 heterocycles. The smallest absolute Gasteiger partial charge is 0.205 e. The average molecular weight is 241 g/mol. The van der Waals surface area contributed by atoms with E-state index in [4.69, 9.17) is 15.3 Å². The zero-order valence-corrected chi connectivity index (χ0v) is 10.4. The van der Waals surface area contributed by atoms with Crippen LogP contribution in [0.1, 0.15) is 13.3 Å². The van der Waals surface area contributed by atoms with Crippen molar-refractivity contribution in [3.05, 3.63) is 6.33 Å². The molecule has 1 atom stereocenters. The molecule has 0 fully saturated rings. The van der Waals surface area contributed by atoms with Gasteiger partial charge in [0.25, 0.3) is 0 Å². The van der Waals surface area contributed by atoms with Crippen molar-refractivity contribution in [1.82, 2.24) is 9.97 Å². The van der Waals surface area contributed by atoms with E-state index in [-0.39, 0.29) is 6.04 Å². The molecule has 0 aliphatic heterocycles. The maximum Gasteiger partial charge on any atom is 0.205 e. The highest BCUT2D eigenvalue weighted by Gasteiger charge is 2.13. The van der Waals surface area contributed by atoms with Crippen molar-refractivity contribution in [2.45, 2.75) is 19.4 Å². The van der Waals surface area contributed by atoms with Crippen LogP contribution in [0, 0.1) is 0 Å².